The van der Waals surface area contributed by atoms with Crippen LogP contribution in [0.3, 0.4) is 0 Å². The van der Waals surface area contributed by atoms with Gasteiger partial charge in [0.15, 0.2) is 11.5 Å². The fourth-order valence-corrected chi connectivity index (χ4v) is 1.71. The summed E-state index contributed by atoms with van der Waals surface area (Å²) in [6.07, 6.45) is 0.445. The van der Waals surface area contributed by atoms with Crippen molar-refractivity contribution in [1.29, 1.82) is 0 Å². The van der Waals surface area contributed by atoms with Crippen LogP contribution in [0.25, 0.3) is 0 Å². The summed E-state index contributed by atoms with van der Waals surface area (Å²) in [7, 11) is 1.57. The quantitative estimate of drug-likeness (QED) is 0.505. The average Bonchev–Trinajstić information content (AvgIpc) is 2.17. The number of carbonyl (C=O) groups is 1. The lowest BCUT2D eigenvalue weighted by molar-refractivity contribution is -0.135. The molecule has 0 bridgehead atoms. The van der Waals surface area contributed by atoms with Crippen LogP contribution in [-0.4, -0.2) is 13.1 Å². The Labute approximate surface area is 82.6 Å². The molecule has 3 nitrogen and oxygen atoms in total. The Bertz CT molecular complexity index is 371. The van der Waals surface area contributed by atoms with Gasteiger partial charge in [-0.15, -0.1) is 0 Å². The first kappa shape index (κ1) is 9.06. The number of methoxy groups -OCH3 is 1. The Morgan fingerprint density at radius 3 is 3.00 bits per heavy atom. The fraction of sp³-hybridized carbons (Fsp3) is 0.364. The number of esters is 1. The van der Waals surface area contributed by atoms with Crippen molar-refractivity contribution in [3.63, 3.8) is 0 Å². The number of fused-ring (bicyclic) bond motifs is 1. The van der Waals surface area contributed by atoms with Gasteiger partial charge in [-0.25, -0.2) is 0 Å². The number of benzene rings is 1. The molecule has 1 atom stereocenters. The zero-order valence-corrected chi connectivity index (χ0v) is 8.24. The average molecular weight is 192 g/mol. The van der Waals surface area contributed by atoms with Crippen molar-refractivity contribution in [2.24, 2.45) is 0 Å². The summed E-state index contributed by atoms with van der Waals surface area (Å²) in [5.41, 5.74) is 1.05. The van der Waals surface area contributed by atoms with Crippen LogP contribution < -0.4 is 9.47 Å². The van der Waals surface area contributed by atoms with E-state index in [1.54, 1.807) is 13.2 Å². The maximum atomic E-state index is 11.2. The van der Waals surface area contributed by atoms with Gasteiger partial charge in [-0.1, -0.05) is 19.1 Å². The molecule has 14 heavy (non-hydrogen) atoms. The van der Waals surface area contributed by atoms with E-state index in [-0.39, 0.29) is 11.9 Å². The molecule has 2 rings (SSSR count). The molecular weight excluding hydrogens is 180 g/mol. The Morgan fingerprint density at radius 1 is 1.50 bits per heavy atom. The van der Waals surface area contributed by atoms with E-state index >= 15 is 0 Å². The predicted octanol–water partition coefficient (Wildman–Crippen LogP) is 2.11. The molecular formula is C11H12O3. The van der Waals surface area contributed by atoms with Crippen LogP contribution in [0.1, 0.15) is 24.8 Å². The van der Waals surface area contributed by atoms with Crippen LogP contribution >= 0.6 is 0 Å². The highest BCUT2D eigenvalue weighted by atomic mass is 16.6. The molecule has 0 aliphatic carbocycles. The SMILES string of the molecule is COc1cccc2c1OC(=O)CC2C. The minimum absolute atomic E-state index is 0.186. The van der Waals surface area contributed by atoms with Crippen molar-refractivity contribution in [1.82, 2.24) is 0 Å². The summed E-state index contributed by atoms with van der Waals surface area (Å²) in [6.45, 7) is 2.01. The van der Waals surface area contributed by atoms with Crippen LogP contribution in [0, 0.1) is 0 Å². The summed E-state index contributed by atoms with van der Waals surface area (Å²) in [4.78, 5) is 11.2. The van der Waals surface area contributed by atoms with Crippen molar-refractivity contribution >= 4 is 5.97 Å². The molecule has 0 radical (unpaired) electrons. The Kier molecular flexibility index (Phi) is 2.15. The topological polar surface area (TPSA) is 35.5 Å². The number of rotatable bonds is 1. The van der Waals surface area contributed by atoms with E-state index in [0.717, 1.165) is 5.56 Å². The van der Waals surface area contributed by atoms with E-state index in [9.17, 15) is 4.79 Å². The van der Waals surface area contributed by atoms with Gasteiger partial charge >= 0.3 is 5.97 Å². The number of ether oxygens (including phenoxy) is 2. The molecule has 0 saturated heterocycles. The van der Waals surface area contributed by atoms with E-state index in [1.807, 2.05) is 19.1 Å². The first-order valence-corrected chi connectivity index (χ1v) is 4.60. The molecule has 3 heteroatoms. The molecule has 1 aliphatic heterocycles. The molecule has 1 unspecified atom stereocenters. The molecule has 0 amide bonds. The molecule has 0 N–H and O–H groups in total. The summed E-state index contributed by atoms with van der Waals surface area (Å²) in [5, 5.41) is 0. The Balaban J connectivity index is 2.52. The molecule has 0 fully saturated rings. The van der Waals surface area contributed by atoms with Crippen LogP contribution in [-0.2, 0) is 4.79 Å². The molecule has 0 spiro atoms. The van der Waals surface area contributed by atoms with Gasteiger partial charge in [0.25, 0.3) is 0 Å². The van der Waals surface area contributed by atoms with Crippen LogP contribution in [0.15, 0.2) is 18.2 Å². The second-order valence-electron chi connectivity index (χ2n) is 3.46. The van der Waals surface area contributed by atoms with Gasteiger partial charge in [0.2, 0.25) is 0 Å². The number of hydrogen-bond donors (Lipinski definition) is 0. The van der Waals surface area contributed by atoms with Gasteiger partial charge in [-0.05, 0) is 12.0 Å². The Hall–Kier alpha value is -1.51. The molecule has 1 aliphatic rings. The molecule has 74 valence electrons. The molecule has 0 saturated carbocycles. The number of hydrogen-bond acceptors (Lipinski definition) is 3. The number of carbonyl (C=O) groups excluding carboxylic acids is 1. The second-order valence-corrected chi connectivity index (χ2v) is 3.46. The summed E-state index contributed by atoms with van der Waals surface area (Å²) >= 11 is 0. The third-order valence-corrected chi connectivity index (χ3v) is 2.45. The second kappa shape index (κ2) is 3.33. The predicted molar refractivity (Wildman–Crippen MR) is 51.7 cm³/mol. The van der Waals surface area contributed by atoms with Gasteiger partial charge in [0.05, 0.1) is 13.5 Å². The smallest absolute Gasteiger partial charge is 0.311 e. The van der Waals surface area contributed by atoms with E-state index in [0.29, 0.717) is 17.9 Å². The lowest BCUT2D eigenvalue weighted by atomic mass is 9.94. The lowest BCUT2D eigenvalue weighted by Crippen LogP contribution is -2.19. The van der Waals surface area contributed by atoms with E-state index in [4.69, 9.17) is 9.47 Å². The zero-order chi connectivity index (χ0) is 10.1. The normalized spacial score (nSPS) is 19.9. The molecule has 0 aromatic heterocycles. The highest BCUT2D eigenvalue weighted by Crippen LogP contribution is 2.40. The van der Waals surface area contributed by atoms with Gasteiger partial charge in [0.1, 0.15) is 0 Å². The lowest BCUT2D eigenvalue weighted by Gasteiger charge is -2.22. The van der Waals surface area contributed by atoms with E-state index in [1.165, 1.54) is 0 Å². The minimum Gasteiger partial charge on any atom is -0.493 e. The molecule has 1 aromatic rings. The van der Waals surface area contributed by atoms with Gasteiger partial charge < -0.3 is 9.47 Å². The van der Waals surface area contributed by atoms with Gasteiger partial charge in [-0.3, -0.25) is 4.79 Å². The standard InChI is InChI=1S/C11H12O3/c1-7-6-10(12)14-11-8(7)4-3-5-9(11)13-2/h3-5,7H,6H2,1-2H3. The van der Waals surface area contributed by atoms with Gasteiger partial charge in [0, 0.05) is 5.56 Å². The third kappa shape index (κ3) is 1.35. The van der Waals surface area contributed by atoms with Crippen molar-refractivity contribution in [2.75, 3.05) is 7.11 Å². The maximum Gasteiger partial charge on any atom is 0.311 e. The maximum absolute atomic E-state index is 11.2. The molecule has 1 heterocycles. The summed E-state index contributed by atoms with van der Waals surface area (Å²) in [6, 6.07) is 5.67. The van der Waals surface area contributed by atoms with E-state index in [2.05, 4.69) is 0 Å². The van der Waals surface area contributed by atoms with Crippen molar-refractivity contribution < 1.29 is 14.3 Å². The van der Waals surface area contributed by atoms with Crippen LogP contribution in [0.4, 0.5) is 0 Å². The van der Waals surface area contributed by atoms with Crippen LogP contribution in [0.5, 0.6) is 11.5 Å². The van der Waals surface area contributed by atoms with Crippen molar-refractivity contribution in [2.45, 2.75) is 19.3 Å². The molecule has 1 aromatic carbocycles. The summed E-state index contributed by atoms with van der Waals surface area (Å²) < 4.78 is 10.3. The fourth-order valence-electron chi connectivity index (χ4n) is 1.71. The van der Waals surface area contributed by atoms with E-state index < -0.39 is 0 Å². The van der Waals surface area contributed by atoms with Crippen molar-refractivity contribution in [3.8, 4) is 11.5 Å². The number of para-hydroxylation sites is 1. The van der Waals surface area contributed by atoms with Crippen molar-refractivity contribution in [3.05, 3.63) is 23.8 Å². The zero-order valence-electron chi connectivity index (χ0n) is 8.24. The largest absolute Gasteiger partial charge is 0.493 e. The third-order valence-electron chi connectivity index (χ3n) is 2.45. The highest BCUT2D eigenvalue weighted by molar-refractivity contribution is 5.77. The van der Waals surface area contributed by atoms with Crippen LogP contribution in [0.2, 0.25) is 0 Å². The first-order valence-electron chi connectivity index (χ1n) is 4.60. The van der Waals surface area contributed by atoms with Gasteiger partial charge in [-0.2, -0.15) is 0 Å². The summed E-state index contributed by atoms with van der Waals surface area (Å²) in [5.74, 6) is 1.23. The first-order chi connectivity index (χ1) is 6.72. The highest BCUT2D eigenvalue weighted by Gasteiger charge is 2.26. The minimum atomic E-state index is -0.186. The Morgan fingerprint density at radius 2 is 2.29 bits per heavy atom. The monoisotopic (exact) mass is 192 g/mol.